The maximum absolute atomic E-state index is 9.16. The molecule has 0 rings (SSSR count). The van der Waals surface area contributed by atoms with Crippen LogP contribution in [0.25, 0.3) is 0 Å². The van der Waals surface area contributed by atoms with E-state index in [1.807, 2.05) is 0 Å². The fraction of sp³-hybridized carbons (Fsp3) is 1.00. The number of aliphatic hydroxyl groups excluding tert-OH is 2. The van der Waals surface area contributed by atoms with E-state index < -0.39 is 6.10 Å². The summed E-state index contributed by atoms with van der Waals surface area (Å²) in [7, 11) is 0. The lowest BCUT2D eigenvalue weighted by atomic mass is 10.2. The molecule has 5 heteroatoms. The van der Waals surface area contributed by atoms with Gasteiger partial charge in [-0.1, -0.05) is 0 Å². The van der Waals surface area contributed by atoms with Crippen LogP contribution in [0.4, 0.5) is 0 Å². The highest BCUT2D eigenvalue weighted by Gasteiger charge is 2.14. The summed E-state index contributed by atoms with van der Waals surface area (Å²) >= 11 is 0. The molecule has 0 radical (unpaired) electrons. The van der Waals surface area contributed by atoms with Crippen LogP contribution in [0.2, 0.25) is 0 Å². The van der Waals surface area contributed by atoms with Gasteiger partial charge in [0.15, 0.2) is 0 Å². The van der Waals surface area contributed by atoms with E-state index in [4.69, 9.17) is 21.7 Å². The molecule has 7 N–H and O–H groups in total. The molecule has 0 amide bonds. The van der Waals surface area contributed by atoms with Crippen LogP contribution >= 0.6 is 0 Å². The number of hydrogen-bond donors (Lipinski definition) is 5. The van der Waals surface area contributed by atoms with Gasteiger partial charge in [0.25, 0.3) is 0 Å². The van der Waals surface area contributed by atoms with Gasteiger partial charge in [-0.3, -0.25) is 0 Å². The lowest BCUT2D eigenvalue weighted by Gasteiger charge is -2.20. The quantitative estimate of drug-likeness (QED) is 0.291. The Labute approximate surface area is 66.4 Å². The number of aliphatic hydroxyl groups is 2. The molecule has 0 heterocycles. The van der Waals surface area contributed by atoms with Gasteiger partial charge in [-0.25, -0.2) is 0 Å². The first-order chi connectivity index (χ1) is 5.26. The minimum atomic E-state index is -0.702. The Bertz CT molecular complexity index is 91.9. The molecule has 0 aromatic carbocycles. The van der Waals surface area contributed by atoms with Crippen molar-refractivity contribution < 1.29 is 10.2 Å². The summed E-state index contributed by atoms with van der Waals surface area (Å²) in [5.41, 5.74) is 10.4. The first kappa shape index (κ1) is 10.8. The van der Waals surface area contributed by atoms with Crippen molar-refractivity contribution in [1.82, 2.24) is 5.32 Å². The fourth-order valence-electron chi connectivity index (χ4n) is 0.755. The molecule has 0 bridgehead atoms. The van der Waals surface area contributed by atoms with Crippen molar-refractivity contribution in [1.29, 1.82) is 0 Å². The number of nitrogens with one attached hydrogen (secondary N) is 1. The Balaban J connectivity index is 3.56. The molecule has 0 aromatic heterocycles. The van der Waals surface area contributed by atoms with Gasteiger partial charge in [-0.15, -0.1) is 0 Å². The van der Waals surface area contributed by atoms with Gasteiger partial charge in [0.2, 0.25) is 0 Å². The molecule has 0 aliphatic heterocycles. The molecular weight excluding hydrogens is 146 g/mol. The second-order valence-electron chi connectivity index (χ2n) is 2.33. The maximum atomic E-state index is 9.16. The Kier molecular flexibility index (Phi) is 6.39. The van der Waals surface area contributed by atoms with Gasteiger partial charge < -0.3 is 27.0 Å². The van der Waals surface area contributed by atoms with Crippen LogP contribution in [0.15, 0.2) is 0 Å². The van der Waals surface area contributed by atoms with E-state index in [1.165, 1.54) is 0 Å². The summed E-state index contributed by atoms with van der Waals surface area (Å²) in [6, 6.07) is -0.358. The van der Waals surface area contributed by atoms with E-state index in [1.54, 1.807) is 0 Å². The molecule has 0 fully saturated rings. The summed E-state index contributed by atoms with van der Waals surface area (Å²) < 4.78 is 0. The third-order valence-electron chi connectivity index (χ3n) is 1.45. The van der Waals surface area contributed by atoms with Crippen LogP contribution in [0.3, 0.4) is 0 Å². The number of nitrogens with two attached hydrogens (primary N) is 2. The van der Waals surface area contributed by atoms with Gasteiger partial charge >= 0.3 is 0 Å². The topological polar surface area (TPSA) is 105 Å². The molecular formula is C6H17N3O2. The first-order valence-corrected chi connectivity index (χ1v) is 3.68. The Morgan fingerprint density at radius 2 is 2.00 bits per heavy atom. The van der Waals surface area contributed by atoms with Crippen molar-refractivity contribution in [3.63, 3.8) is 0 Å². The Morgan fingerprint density at radius 1 is 1.36 bits per heavy atom. The SMILES string of the molecule is NCCNC(CO)C(O)CN. The summed E-state index contributed by atoms with van der Waals surface area (Å²) in [6.45, 7) is 1.07. The van der Waals surface area contributed by atoms with Crippen LogP contribution in [0.1, 0.15) is 0 Å². The van der Waals surface area contributed by atoms with Gasteiger partial charge in [-0.2, -0.15) is 0 Å². The monoisotopic (exact) mass is 163 g/mol. The highest BCUT2D eigenvalue weighted by atomic mass is 16.3. The summed E-state index contributed by atoms with van der Waals surface area (Å²) in [6.07, 6.45) is -0.702. The predicted molar refractivity (Wildman–Crippen MR) is 43.0 cm³/mol. The lowest BCUT2D eigenvalue weighted by Crippen LogP contribution is -2.47. The highest BCUT2D eigenvalue weighted by molar-refractivity contribution is 4.75. The van der Waals surface area contributed by atoms with Crippen LogP contribution < -0.4 is 16.8 Å². The van der Waals surface area contributed by atoms with E-state index in [0.29, 0.717) is 13.1 Å². The molecule has 0 spiro atoms. The van der Waals surface area contributed by atoms with Crippen LogP contribution in [0.5, 0.6) is 0 Å². The molecule has 68 valence electrons. The zero-order chi connectivity index (χ0) is 8.69. The smallest absolute Gasteiger partial charge is 0.0837 e. The third kappa shape index (κ3) is 4.28. The minimum Gasteiger partial charge on any atom is -0.395 e. The molecule has 0 aromatic rings. The molecule has 2 unspecified atom stereocenters. The Morgan fingerprint density at radius 3 is 2.36 bits per heavy atom. The van der Waals surface area contributed by atoms with Crippen molar-refractivity contribution in [2.75, 3.05) is 26.2 Å². The number of hydrogen-bond acceptors (Lipinski definition) is 5. The minimum absolute atomic E-state index is 0.127. The van der Waals surface area contributed by atoms with E-state index in [-0.39, 0.29) is 19.2 Å². The van der Waals surface area contributed by atoms with Crippen LogP contribution in [-0.2, 0) is 0 Å². The van der Waals surface area contributed by atoms with Crippen molar-refractivity contribution in [3.8, 4) is 0 Å². The zero-order valence-electron chi connectivity index (χ0n) is 6.53. The average Bonchev–Trinajstić information content (AvgIpc) is 2.05. The highest BCUT2D eigenvalue weighted by Crippen LogP contribution is 1.89. The van der Waals surface area contributed by atoms with Gasteiger partial charge in [0.1, 0.15) is 0 Å². The van der Waals surface area contributed by atoms with Crippen LogP contribution in [-0.4, -0.2) is 48.6 Å². The predicted octanol–water partition coefficient (Wildman–Crippen LogP) is -2.78. The van der Waals surface area contributed by atoms with E-state index in [9.17, 15) is 0 Å². The molecule has 0 saturated carbocycles. The lowest BCUT2D eigenvalue weighted by molar-refractivity contribution is 0.0967. The summed E-state index contributed by atoms with van der Waals surface area (Å²) in [5.74, 6) is 0. The second kappa shape index (κ2) is 6.51. The average molecular weight is 163 g/mol. The largest absolute Gasteiger partial charge is 0.395 e. The standard InChI is InChI=1S/C6H17N3O2/c7-1-2-9-5(4-10)6(11)3-8/h5-6,9-11H,1-4,7-8H2. The summed E-state index contributed by atoms with van der Waals surface area (Å²) in [5, 5.41) is 20.8. The number of rotatable bonds is 6. The molecule has 2 atom stereocenters. The maximum Gasteiger partial charge on any atom is 0.0837 e. The second-order valence-corrected chi connectivity index (χ2v) is 2.33. The normalized spacial score (nSPS) is 16.4. The summed E-state index contributed by atoms with van der Waals surface area (Å²) in [4.78, 5) is 0. The van der Waals surface area contributed by atoms with E-state index in [0.717, 1.165) is 0 Å². The van der Waals surface area contributed by atoms with Crippen molar-refractivity contribution in [2.24, 2.45) is 11.5 Å². The first-order valence-electron chi connectivity index (χ1n) is 3.68. The van der Waals surface area contributed by atoms with Gasteiger partial charge in [-0.05, 0) is 0 Å². The third-order valence-corrected chi connectivity index (χ3v) is 1.45. The Hall–Kier alpha value is -0.200. The molecule has 0 aliphatic carbocycles. The van der Waals surface area contributed by atoms with E-state index >= 15 is 0 Å². The fourth-order valence-corrected chi connectivity index (χ4v) is 0.755. The molecule has 0 saturated heterocycles. The van der Waals surface area contributed by atoms with Crippen molar-refractivity contribution in [2.45, 2.75) is 12.1 Å². The molecule has 11 heavy (non-hydrogen) atoms. The van der Waals surface area contributed by atoms with Gasteiger partial charge in [0.05, 0.1) is 18.8 Å². The van der Waals surface area contributed by atoms with Crippen molar-refractivity contribution in [3.05, 3.63) is 0 Å². The zero-order valence-corrected chi connectivity index (χ0v) is 6.53. The van der Waals surface area contributed by atoms with Crippen LogP contribution in [0, 0.1) is 0 Å². The molecule has 0 aliphatic rings. The van der Waals surface area contributed by atoms with Crippen molar-refractivity contribution >= 4 is 0 Å². The molecule has 5 nitrogen and oxygen atoms in total. The van der Waals surface area contributed by atoms with E-state index in [2.05, 4.69) is 5.32 Å². The van der Waals surface area contributed by atoms with Gasteiger partial charge in [0, 0.05) is 19.6 Å².